The normalized spacial score (nSPS) is 13.3. The molecule has 0 aliphatic heterocycles. The standard InChI is InChI=1S/C8H7F3O5S2/c1-17(12,13)7-5-3-2-4-6(7)16-18(14,15)8(9,10)11/h2-5H,1H3. The third kappa shape index (κ3) is 3.13. The molecule has 1 aromatic carbocycles. The van der Waals surface area contributed by atoms with E-state index in [1.807, 2.05) is 0 Å². The van der Waals surface area contributed by atoms with E-state index >= 15 is 0 Å². The van der Waals surface area contributed by atoms with Gasteiger partial charge in [0.25, 0.3) is 0 Å². The number of sulfone groups is 1. The summed E-state index contributed by atoms with van der Waals surface area (Å²) in [7, 11) is -9.81. The molecular weight excluding hydrogens is 297 g/mol. The largest absolute Gasteiger partial charge is 0.534 e. The van der Waals surface area contributed by atoms with Crippen molar-refractivity contribution in [2.75, 3.05) is 6.26 Å². The Morgan fingerprint density at radius 2 is 1.56 bits per heavy atom. The number of benzene rings is 1. The van der Waals surface area contributed by atoms with Gasteiger partial charge in [-0.3, -0.25) is 0 Å². The SMILES string of the molecule is CS(=O)(=O)c1ccccc1OS(=O)(=O)C(F)(F)F. The summed E-state index contributed by atoms with van der Waals surface area (Å²) in [5.41, 5.74) is -5.63. The molecule has 18 heavy (non-hydrogen) atoms. The van der Waals surface area contributed by atoms with Crippen molar-refractivity contribution in [1.82, 2.24) is 0 Å². The van der Waals surface area contributed by atoms with E-state index in [2.05, 4.69) is 4.18 Å². The second kappa shape index (κ2) is 4.43. The van der Waals surface area contributed by atoms with E-state index in [1.54, 1.807) is 0 Å². The van der Waals surface area contributed by atoms with Crippen molar-refractivity contribution < 1.29 is 34.2 Å². The van der Waals surface area contributed by atoms with Crippen molar-refractivity contribution in [3.05, 3.63) is 24.3 Å². The molecule has 0 radical (unpaired) electrons. The van der Waals surface area contributed by atoms with Crippen molar-refractivity contribution in [2.24, 2.45) is 0 Å². The quantitative estimate of drug-likeness (QED) is 0.621. The first-order chi connectivity index (χ1) is 7.95. The number of rotatable bonds is 3. The Labute approximate surface area is 101 Å². The van der Waals surface area contributed by atoms with Crippen molar-refractivity contribution in [2.45, 2.75) is 10.4 Å². The molecule has 0 fully saturated rings. The minimum atomic E-state index is -5.90. The van der Waals surface area contributed by atoms with Gasteiger partial charge in [-0.15, -0.1) is 0 Å². The van der Waals surface area contributed by atoms with Crippen LogP contribution < -0.4 is 4.18 Å². The lowest BCUT2D eigenvalue weighted by Crippen LogP contribution is -2.28. The van der Waals surface area contributed by atoms with Crippen LogP contribution in [0.15, 0.2) is 29.2 Å². The van der Waals surface area contributed by atoms with Gasteiger partial charge in [-0.05, 0) is 12.1 Å². The topological polar surface area (TPSA) is 77.5 Å². The van der Waals surface area contributed by atoms with Gasteiger partial charge >= 0.3 is 15.6 Å². The highest BCUT2D eigenvalue weighted by Crippen LogP contribution is 2.30. The van der Waals surface area contributed by atoms with Crippen LogP contribution in [-0.2, 0) is 20.0 Å². The minimum Gasteiger partial charge on any atom is -0.375 e. The van der Waals surface area contributed by atoms with E-state index in [0.29, 0.717) is 0 Å². The van der Waals surface area contributed by atoms with Crippen LogP contribution in [0.5, 0.6) is 5.75 Å². The van der Waals surface area contributed by atoms with Gasteiger partial charge in [-0.25, -0.2) is 8.42 Å². The molecule has 10 heteroatoms. The summed E-state index contributed by atoms with van der Waals surface area (Å²) in [6, 6.07) is 4.13. The number of para-hydroxylation sites is 1. The van der Waals surface area contributed by atoms with Gasteiger partial charge in [0, 0.05) is 6.26 Å². The number of alkyl halides is 3. The third-order valence-electron chi connectivity index (χ3n) is 1.73. The molecule has 1 aromatic rings. The molecule has 0 amide bonds. The fourth-order valence-corrected chi connectivity index (χ4v) is 2.32. The van der Waals surface area contributed by atoms with Crippen LogP contribution in [0.1, 0.15) is 0 Å². The highest BCUT2D eigenvalue weighted by molar-refractivity contribution is 7.91. The van der Waals surface area contributed by atoms with Crippen LogP contribution in [0.2, 0.25) is 0 Å². The summed E-state index contributed by atoms with van der Waals surface area (Å²) >= 11 is 0. The monoisotopic (exact) mass is 304 g/mol. The zero-order valence-electron chi connectivity index (χ0n) is 8.80. The van der Waals surface area contributed by atoms with Gasteiger partial charge in [-0.1, -0.05) is 12.1 Å². The van der Waals surface area contributed by atoms with E-state index in [9.17, 15) is 30.0 Å². The summed E-state index contributed by atoms with van der Waals surface area (Å²) in [6.45, 7) is 0. The van der Waals surface area contributed by atoms with E-state index in [4.69, 9.17) is 0 Å². The van der Waals surface area contributed by atoms with Crippen molar-refractivity contribution in [3.8, 4) is 5.75 Å². The van der Waals surface area contributed by atoms with Crippen LogP contribution >= 0.6 is 0 Å². The summed E-state index contributed by atoms with van der Waals surface area (Å²) in [4.78, 5) is -0.641. The van der Waals surface area contributed by atoms with Gasteiger partial charge in [0.05, 0.1) is 0 Å². The van der Waals surface area contributed by atoms with Gasteiger partial charge in [-0.2, -0.15) is 21.6 Å². The molecule has 1 rings (SSSR count). The lowest BCUT2D eigenvalue weighted by Gasteiger charge is -2.11. The first kappa shape index (κ1) is 14.8. The van der Waals surface area contributed by atoms with Crippen LogP contribution in [-0.4, -0.2) is 28.6 Å². The molecule has 0 heterocycles. The molecule has 0 saturated carbocycles. The first-order valence-corrected chi connectivity index (χ1v) is 7.55. The average Bonchev–Trinajstić information content (AvgIpc) is 2.14. The van der Waals surface area contributed by atoms with E-state index in [1.165, 1.54) is 6.07 Å². The molecule has 0 atom stereocenters. The zero-order chi connectivity index (χ0) is 14.2. The number of halogens is 3. The van der Waals surface area contributed by atoms with Crippen LogP contribution in [0, 0.1) is 0 Å². The molecule has 0 bridgehead atoms. The maximum Gasteiger partial charge on any atom is 0.534 e. The van der Waals surface area contributed by atoms with E-state index in [0.717, 1.165) is 24.5 Å². The maximum absolute atomic E-state index is 12.1. The Hall–Kier alpha value is -1.29. The molecule has 102 valence electrons. The van der Waals surface area contributed by atoms with Crippen LogP contribution in [0.25, 0.3) is 0 Å². The summed E-state index contributed by atoms with van der Waals surface area (Å²) < 4.78 is 84.0. The smallest absolute Gasteiger partial charge is 0.375 e. The molecule has 5 nitrogen and oxygen atoms in total. The number of hydrogen-bond acceptors (Lipinski definition) is 5. The molecule has 0 spiro atoms. The van der Waals surface area contributed by atoms with Crippen LogP contribution in [0.3, 0.4) is 0 Å². The average molecular weight is 304 g/mol. The molecule has 0 unspecified atom stereocenters. The Bertz CT molecular complexity index is 646. The van der Waals surface area contributed by atoms with Crippen molar-refractivity contribution in [3.63, 3.8) is 0 Å². The fraction of sp³-hybridized carbons (Fsp3) is 0.250. The van der Waals surface area contributed by atoms with Crippen molar-refractivity contribution in [1.29, 1.82) is 0 Å². The summed E-state index contributed by atoms with van der Waals surface area (Å²) in [5, 5.41) is 0. The first-order valence-electron chi connectivity index (χ1n) is 4.25. The Morgan fingerprint density at radius 1 is 1.06 bits per heavy atom. The lowest BCUT2D eigenvalue weighted by atomic mass is 10.3. The maximum atomic E-state index is 12.1. The number of hydrogen-bond donors (Lipinski definition) is 0. The molecular formula is C8H7F3O5S2. The molecule has 0 N–H and O–H groups in total. The van der Waals surface area contributed by atoms with E-state index < -0.39 is 36.1 Å². The highest BCUT2D eigenvalue weighted by atomic mass is 32.2. The van der Waals surface area contributed by atoms with Crippen molar-refractivity contribution >= 4 is 20.0 Å². The van der Waals surface area contributed by atoms with E-state index in [-0.39, 0.29) is 0 Å². The fourth-order valence-electron chi connectivity index (χ4n) is 0.991. The second-order valence-corrected chi connectivity index (χ2v) is 6.72. The highest BCUT2D eigenvalue weighted by Gasteiger charge is 2.49. The predicted octanol–water partition coefficient (Wildman–Crippen LogP) is 1.32. The second-order valence-electron chi connectivity index (χ2n) is 3.20. The Balaban J connectivity index is 3.31. The molecule has 0 aromatic heterocycles. The molecule has 0 aliphatic carbocycles. The molecule has 0 saturated heterocycles. The summed E-state index contributed by atoms with van der Waals surface area (Å²) in [6.07, 6.45) is 0.718. The van der Waals surface area contributed by atoms with Crippen LogP contribution in [0.4, 0.5) is 13.2 Å². The Morgan fingerprint density at radius 3 is 2.00 bits per heavy atom. The lowest BCUT2D eigenvalue weighted by molar-refractivity contribution is -0.0500. The van der Waals surface area contributed by atoms with Gasteiger partial charge < -0.3 is 4.18 Å². The molecule has 0 aliphatic rings. The minimum absolute atomic E-state index is 0.641. The zero-order valence-corrected chi connectivity index (χ0v) is 10.4. The van der Waals surface area contributed by atoms with Gasteiger partial charge in [0.1, 0.15) is 4.90 Å². The van der Waals surface area contributed by atoms with Gasteiger partial charge in [0.2, 0.25) is 0 Å². The third-order valence-corrected chi connectivity index (χ3v) is 3.83. The van der Waals surface area contributed by atoms with Gasteiger partial charge in [0.15, 0.2) is 15.6 Å². The summed E-state index contributed by atoms with van der Waals surface area (Å²) in [5.74, 6) is -0.891. The Kier molecular flexibility index (Phi) is 3.63. The predicted molar refractivity (Wildman–Crippen MR) is 55.2 cm³/mol.